The van der Waals surface area contributed by atoms with Gasteiger partial charge >= 0.3 is 24.0 Å². The third kappa shape index (κ3) is 7.91. The van der Waals surface area contributed by atoms with Crippen molar-refractivity contribution in [2.24, 2.45) is 0 Å². The molecule has 1 saturated heterocycles. The van der Waals surface area contributed by atoms with E-state index in [-0.39, 0.29) is 41.5 Å². The highest BCUT2D eigenvalue weighted by Gasteiger charge is 2.45. The fourth-order valence-electron chi connectivity index (χ4n) is 5.55. The molecule has 0 aliphatic carbocycles. The van der Waals surface area contributed by atoms with Gasteiger partial charge in [-0.25, -0.2) is 23.6 Å². The van der Waals surface area contributed by atoms with Crippen LogP contribution in [0.25, 0.3) is 0 Å². The molecule has 3 heterocycles. The highest BCUT2D eigenvalue weighted by atomic mass is 32.1. The molecule has 1 fully saturated rings. The summed E-state index contributed by atoms with van der Waals surface area (Å²) in [4.78, 5) is 54.9. The van der Waals surface area contributed by atoms with Gasteiger partial charge in [0.15, 0.2) is 0 Å². The van der Waals surface area contributed by atoms with E-state index in [4.69, 9.17) is 14.2 Å². The lowest BCUT2D eigenvalue weighted by molar-refractivity contribution is -0.139. The Labute approximate surface area is 265 Å². The highest BCUT2D eigenvalue weighted by molar-refractivity contribution is 7.14. The minimum Gasteiger partial charge on any atom is -0.477 e. The fraction of sp³-hybridized carbons (Fsp3) is 0.455. The van der Waals surface area contributed by atoms with Crippen LogP contribution in [0.5, 0.6) is 0 Å². The average Bonchev–Trinajstić information content (AvgIpc) is 3.66. The average molecular weight is 643 g/mol. The second kappa shape index (κ2) is 14.3. The molecule has 45 heavy (non-hydrogen) atoms. The number of aryl methyl sites for hydroxylation is 1. The summed E-state index contributed by atoms with van der Waals surface area (Å²) in [6.07, 6.45) is 1.27. The third-order valence-corrected chi connectivity index (χ3v) is 8.52. The first kappa shape index (κ1) is 33.7. The number of rotatable bonds is 10. The second-order valence-electron chi connectivity index (χ2n) is 11.7. The number of thiophene rings is 1. The minimum atomic E-state index is -1.15. The molecular formula is C33H39FN2O8S. The van der Waals surface area contributed by atoms with Crippen LogP contribution in [-0.4, -0.2) is 65.4 Å². The molecule has 2 aliphatic heterocycles. The van der Waals surface area contributed by atoms with Gasteiger partial charge in [0.1, 0.15) is 16.3 Å². The van der Waals surface area contributed by atoms with E-state index in [1.165, 1.54) is 18.2 Å². The van der Waals surface area contributed by atoms with E-state index in [1.807, 2.05) is 0 Å². The molecule has 0 radical (unpaired) electrons. The summed E-state index contributed by atoms with van der Waals surface area (Å²) < 4.78 is 30.3. The topological polar surface area (TPSA) is 131 Å². The molecule has 0 saturated carbocycles. The first-order valence-corrected chi connectivity index (χ1v) is 15.8. The number of hydrogen-bond donors (Lipinski definition) is 2. The molecule has 10 nitrogen and oxygen atoms in total. The van der Waals surface area contributed by atoms with Gasteiger partial charge in [0.25, 0.3) is 0 Å². The van der Waals surface area contributed by atoms with Crippen LogP contribution in [0.15, 0.2) is 58.9 Å². The number of nitrogens with one attached hydrogen (secondary N) is 1. The first-order valence-electron chi connectivity index (χ1n) is 15.0. The largest absolute Gasteiger partial charge is 0.477 e. The van der Waals surface area contributed by atoms with Crippen molar-refractivity contribution in [1.82, 2.24) is 10.2 Å². The SMILES string of the molecule is CCOC(=O)C1=C(CCc2ccc(F)cc2)NC([C@@H]2CCCN2C(=O)OC(C)(C)C)=C(C(=O)OCC)C1c1ccc(C(=O)O)s1. The summed E-state index contributed by atoms with van der Waals surface area (Å²) in [6.45, 7) is 9.13. The number of aromatic carboxylic acids is 1. The van der Waals surface area contributed by atoms with Gasteiger partial charge < -0.3 is 24.6 Å². The molecule has 12 heteroatoms. The third-order valence-electron chi connectivity index (χ3n) is 7.38. The lowest BCUT2D eigenvalue weighted by Gasteiger charge is -2.37. The smallest absolute Gasteiger partial charge is 0.410 e. The Balaban J connectivity index is 1.93. The van der Waals surface area contributed by atoms with Crippen LogP contribution in [0.3, 0.4) is 0 Å². The molecule has 2 aromatic rings. The van der Waals surface area contributed by atoms with Crippen molar-refractivity contribution in [2.45, 2.75) is 77.9 Å². The molecule has 1 aromatic heterocycles. The van der Waals surface area contributed by atoms with E-state index in [9.17, 15) is 28.7 Å². The minimum absolute atomic E-state index is 0.0283. The molecule has 242 valence electrons. The lowest BCUT2D eigenvalue weighted by Crippen LogP contribution is -2.46. The molecule has 2 aliphatic rings. The Hall–Kier alpha value is -4.19. The van der Waals surface area contributed by atoms with E-state index < -0.39 is 41.6 Å². The number of carboxylic acids is 1. The number of ether oxygens (including phenoxy) is 3. The number of benzene rings is 1. The molecule has 0 bridgehead atoms. The van der Waals surface area contributed by atoms with Gasteiger partial charge in [-0.2, -0.15) is 0 Å². The molecular weight excluding hydrogens is 603 g/mol. The number of esters is 2. The maximum atomic E-state index is 13.9. The summed E-state index contributed by atoms with van der Waals surface area (Å²) in [5, 5.41) is 13.1. The van der Waals surface area contributed by atoms with Crippen LogP contribution in [0, 0.1) is 5.82 Å². The molecule has 0 spiro atoms. The maximum Gasteiger partial charge on any atom is 0.410 e. The van der Waals surface area contributed by atoms with Gasteiger partial charge in [-0.1, -0.05) is 12.1 Å². The number of carbonyl (C=O) groups excluding carboxylic acids is 3. The Kier molecular flexibility index (Phi) is 10.7. The van der Waals surface area contributed by atoms with Crippen molar-refractivity contribution in [2.75, 3.05) is 19.8 Å². The van der Waals surface area contributed by atoms with Gasteiger partial charge in [0.2, 0.25) is 0 Å². The lowest BCUT2D eigenvalue weighted by atomic mass is 9.81. The van der Waals surface area contributed by atoms with Crippen LogP contribution >= 0.6 is 11.3 Å². The predicted octanol–water partition coefficient (Wildman–Crippen LogP) is 5.94. The van der Waals surface area contributed by atoms with E-state index >= 15 is 0 Å². The Morgan fingerprint density at radius 3 is 2.20 bits per heavy atom. The molecule has 2 N–H and O–H groups in total. The van der Waals surface area contributed by atoms with Gasteiger partial charge in [-0.15, -0.1) is 11.3 Å². The van der Waals surface area contributed by atoms with Crippen LogP contribution in [0.1, 0.15) is 79.9 Å². The Morgan fingerprint density at radius 2 is 1.62 bits per heavy atom. The number of amides is 1. The van der Waals surface area contributed by atoms with Crippen molar-refractivity contribution in [3.8, 4) is 0 Å². The number of carbonyl (C=O) groups is 4. The summed E-state index contributed by atoms with van der Waals surface area (Å²) >= 11 is 0.946. The van der Waals surface area contributed by atoms with Crippen LogP contribution in [0.2, 0.25) is 0 Å². The van der Waals surface area contributed by atoms with Gasteiger partial charge in [0, 0.05) is 22.8 Å². The second-order valence-corrected chi connectivity index (χ2v) is 12.8. The van der Waals surface area contributed by atoms with E-state index in [0.29, 0.717) is 42.1 Å². The molecule has 1 amide bonds. The number of likely N-dealkylation sites (tertiary alicyclic amines) is 1. The van der Waals surface area contributed by atoms with Crippen molar-refractivity contribution in [3.63, 3.8) is 0 Å². The number of halogens is 1. The van der Waals surface area contributed by atoms with Gasteiger partial charge in [-0.3, -0.25) is 4.90 Å². The summed E-state index contributed by atoms with van der Waals surface area (Å²) in [7, 11) is 0. The Morgan fingerprint density at radius 1 is 0.978 bits per heavy atom. The number of allylic oxidation sites excluding steroid dienone is 1. The Bertz CT molecular complexity index is 1510. The maximum absolute atomic E-state index is 13.9. The zero-order chi connectivity index (χ0) is 32.9. The normalized spacial score (nSPS) is 18.5. The number of hydrogen-bond acceptors (Lipinski definition) is 9. The summed E-state index contributed by atoms with van der Waals surface area (Å²) in [5.41, 5.74) is 1.14. The van der Waals surface area contributed by atoms with Crippen molar-refractivity contribution < 1.29 is 42.9 Å². The molecule has 2 atom stereocenters. The van der Waals surface area contributed by atoms with Crippen LogP contribution < -0.4 is 5.32 Å². The summed E-state index contributed by atoms with van der Waals surface area (Å²) in [5.74, 6) is -3.94. The van der Waals surface area contributed by atoms with Crippen LogP contribution in [0.4, 0.5) is 9.18 Å². The van der Waals surface area contributed by atoms with Gasteiger partial charge in [-0.05, 0) is 90.1 Å². The van der Waals surface area contributed by atoms with E-state index in [0.717, 1.165) is 16.9 Å². The summed E-state index contributed by atoms with van der Waals surface area (Å²) in [6, 6.07) is 8.40. The fourth-order valence-corrected chi connectivity index (χ4v) is 6.52. The molecule has 1 aromatic carbocycles. The zero-order valence-corrected chi connectivity index (χ0v) is 26.9. The first-order chi connectivity index (χ1) is 21.3. The number of nitrogens with zero attached hydrogens (tertiary/aromatic N) is 1. The predicted molar refractivity (Wildman–Crippen MR) is 165 cm³/mol. The van der Waals surface area contributed by atoms with E-state index in [1.54, 1.807) is 57.7 Å². The monoisotopic (exact) mass is 642 g/mol. The number of dihydropyridines is 1. The quantitative estimate of drug-likeness (QED) is 0.239. The van der Waals surface area contributed by atoms with Crippen molar-refractivity contribution in [3.05, 3.63) is 80.1 Å². The molecule has 4 rings (SSSR count). The van der Waals surface area contributed by atoms with E-state index in [2.05, 4.69) is 5.32 Å². The standard InChI is InChI=1S/C33H39FN2O8S/c1-6-42-30(39)25-21(15-12-19-10-13-20(34)14-11-19)35-28(22-9-8-18-36(22)32(41)44-33(3,4)5)27(31(40)43-7-2)26(25)23-16-17-24(45-23)29(37)38/h10-11,13-14,16-17,22,26,35H,6-9,12,15,18H2,1-5H3,(H,37,38)/t22-,26?/m0/s1. The van der Waals surface area contributed by atoms with Crippen molar-refractivity contribution in [1.29, 1.82) is 0 Å². The van der Waals surface area contributed by atoms with Gasteiger partial charge in [0.05, 0.1) is 36.3 Å². The zero-order valence-electron chi connectivity index (χ0n) is 26.1. The molecule has 1 unspecified atom stereocenters. The van der Waals surface area contributed by atoms with Crippen LogP contribution in [-0.2, 0) is 30.2 Å². The highest BCUT2D eigenvalue weighted by Crippen LogP contribution is 2.45. The van der Waals surface area contributed by atoms with Crippen molar-refractivity contribution >= 4 is 35.3 Å². The number of carboxylic acid groups (broad SMARTS) is 1.